The molecule has 0 N–H and O–H groups in total. The van der Waals surface area contributed by atoms with E-state index in [1.807, 2.05) is 6.92 Å². The number of rotatable bonds is 1. The first kappa shape index (κ1) is 13.1. The molecule has 7 atom stereocenters. The molecule has 2 bridgehead atoms. The lowest BCUT2D eigenvalue weighted by atomic mass is 9.57. The van der Waals surface area contributed by atoms with Crippen molar-refractivity contribution in [2.24, 2.45) is 23.7 Å². The highest BCUT2D eigenvalue weighted by Crippen LogP contribution is 2.63. The zero-order chi connectivity index (χ0) is 14.1. The molecule has 4 aliphatic rings. The maximum atomic E-state index is 12.3. The molecule has 0 amide bonds. The first-order valence-corrected chi connectivity index (χ1v) is 8.08. The van der Waals surface area contributed by atoms with E-state index >= 15 is 0 Å². The highest BCUT2D eigenvalue weighted by Gasteiger charge is 2.72. The first-order chi connectivity index (χ1) is 9.50. The predicted molar refractivity (Wildman–Crippen MR) is 71.6 cm³/mol. The van der Waals surface area contributed by atoms with Gasteiger partial charge in [0, 0.05) is 12.3 Å². The number of fused-ring (bicyclic) bond motifs is 1. The third-order valence-corrected chi connectivity index (χ3v) is 6.26. The molecule has 3 heterocycles. The van der Waals surface area contributed by atoms with Gasteiger partial charge in [0.05, 0.1) is 5.92 Å². The maximum Gasteiger partial charge on any atom is 0.311 e. The van der Waals surface area contributed by atoms with E-state index in [1.165, 1.54) is 6.42 Å². The van der Waals surface area contributed by atoms with Gasteiger partial charge in [-0.2, -0.15) is 0 Å². The molecule has 1 saturated carbocycles. The molecule has 112 valence electrons. The molecule has 4 nitrogen and oxygen atoms in total. The lowest BCUT2D eigenvalue weighted by Crippen LogP contribution is -2.65. The van der Waals surface area contributed by atoms with E-state index in [9.17, 15) is 4.79 Å². The number of carbonyl (C=O) groups excluding carboxylic acids is 1. The molecule has 0 aromatic carbocycles. The van der Waals surface area contributed by atoms with Crippen LogP contribution in [0.5, 0.6) is 0 Å². The topological polar surface area (TPSA) is 44.8 Å². The van der Waals surface area contributed by atoms with Gasteiger partial charge in [-0.1, -0.05) is 13.8 Å². The molecule has 4 rings (SSSR count). The van der Waals surface area contributed by atoms with Gasteiger partial charge in [0.25, 0.3) is 0 Å². The number of hydrogen-bond acceptors (Lipinski definition) is 4. The van der Waals surface area contributed by atoms with Crippen molar-refractivity contribution in [1.82, 2.24) is 0 Å². The molecule has 1 aliphatic carbocycles. The van der Waals surface area contributed by atoms with Crippen LogP contribution in [0, 0.1) is 23.7 Å². The van der Waals surface area contributed by atoms with Crippen LogP contribution in [0.1, 0.15) is 52.9 Å². The molecular weight excluding hydrogens is 256 g/mol. The molecule has 1 spiro atoms. The second kappa shape index (κ2) is 3.98. The van der Waals surface area contributed by atoms with E-state index in [4.69, 9.17) is 14.2 Å². The lowest BCUT2D eigenvalue weighted by molar-refractivity contribution is -0.265. The Morgan fingerprint density at radius 1 is 1.25 bits per heavy atom. The molecule has 0 unspecified atom stereocenters. The highest BCUT2D eigenvalue weighted by atomic mass is 16.8. The van der Waals surface area contributed by atoms with Gasteiger partial charge in [-0.15, -0.1) is 0 Å². The highest BCUT2D eigenvalue weighted by molar-refractivity contribution is 5.74. The Bertz CT molecular complexity index is 450. The monoisotopic (exact) mass is 280 g/mol. The molecule has 0 aromatic rings. The van der Waals surface area contributed by atoms with Gasteiger partial charge in [-0.05, 0) is 44.4 Å². The van der Waals surface area contributed by atoms with E-state index in [0.29, 0.717) is 11.8 Å². The Morgan fingerprint density at radius 2 is 2.05 bits per heavy atom. The summed E-state index contributed by atoms with van der Waals surface area (Å²) < 4.78 is 18.2. The smallest absolute Gasteiger partial charge is 0.311 e. The average molecular weight is 280 g/mol. The molecule has 0 radical (unpaired) electrons. The Kier molecular flexibility index (Phi) is 2.60. The maximum absolute atomic E-state index is 12.3. The van der Waals surface area contributed by atoms with Crippen LogP contribution in [0.3, 0.4) is 0 Å². The molecule has 3 saturated heterocycles. The van der Waals surface area contributed by atoms with Crippen LogP contribution < -0.4 is 0 Å². The summed E-state index contributed by atoms with van der Waals surface area (Å²) in [6, 6.07) is 0. The summed E-state index contributed by atoms with van der Waals surface area (Å²) in [6.07, 6.45) is 4.62. The summed E-state index contributed by atoms with van der Waals surface area (Å²) >= 11 is 0. The zero-order valence-corrected chi connectivity index (χ0v) is 12.6. The molecule has 4 fully saturated rings. The molecular formula is C16H24O4. The lowest BCUT2D eigenvalue weighted by Gasteiger charge is -2.56. The Morgan fingerprint density at radius 3 is 2.80 bits per heavy atom. The van der Waals surface area contributed by atoms with E-state index < -0.39 is 12.1 Å². The minimum absolute atomic E-state index is 0.0229. The summed E-state index contributed by atoms with van der Waals surface area (Å²) in [7, 11) is 0. The molecule has 3 aliphatic heterocycles. The summed E-state index contributed by atoms with van der Waals surface area (Å²) in [5, 5.41) is 0. The predicted octanol–water partition coefficient (Wildman–Crippen LogP) is 2.85. The van der Waals surface area contributed by atoms with Crippen molar-refractivity contribution in [1.29, 1.82) is 0 Å². The fourth-order valence-corrected chi connectivity index (χ4v) is 5.33. The van der Waals surface area contributed by atoms with Gasteiger partial charge in [0.2, 0.25) is 6.29 Å². The number of hydrogen-bond donors (Lipinski definition) is 0. The van der Waals surface area contributed by atoms with Gasteiger partial charge < -0.3 is 14.2 Å². The Labute approximate surface area is 120 Å². The van der Waals surface area contributed by atoms with Crippen molar-refractivity contribution in [3.63, 3.8) is 0 Å². The van der Waals surface area contributed by atoms with Crippen LogP contribution in [-0.2, 0) is 19.0 Å². The van der Waals surface area contributed by atoms with Crippen LogP contribution in [0.4, 0.5) is 0 Å². The van der Waals surface area contributed by atoms with Crippen molar-refractivity contribution >= 4 is 5.97 Å². The number of carbonyl (C=O) groups is 1. The quantitative estimate of drug-likeness (QED) is 0.693. The minimum atomic E-state index is -0.556. The van der Waals surface area contributed by atoms with Crippen molar-refractivity contribution in [2.75, 3.05) is 0 Å². The third kappa shape index (κ3) is 1.42. The summed E-state index contributed by atoms with van der Waals surface area (Å²) in [5.41, 5.74) is -0.376. The summed E-state index contributed by atoms with van der Waals surface area (Å²) in [6.45, 7) is 6.39. The van der Waals surface area contributed by atoms with E-state index in [1.54, 1.807) is 0 Å². The fraction of sp³-hybridized carbons (Fsp3) is 0.938. The Hall–Kier alpha value is -0.610. The van der Waals surface area contributed by atoms with Crippen molar-refractivity contribution in [3.05, 3.63) is 0 Å². The van der Waals surface area contributed by atoms with Gasteiger partial charge in [0.15, 0.2) is 5.79 Å². The largest absolute Gasteiger partial charge is 0.432 e. The van der Waals surface area contributed by atoms with Crippen LogP contribution in [0.2, 0.25) is 0 Å². The summed E-state index contributed by atoms with van der Waals surface area (Å²) in [4.78, 5) is 12.3. The number of esters is 1. The van der Waals surface area contributed by atoms with E-state index in [-0.39, 0.29) is 23.4 Å². The van der Waals surface area contributed by atoms with Crippen LogP contribution in [-0.4, -0.2) is 23.6 Å². The second-order valence-electron chi connectivity index (χ2n) is 7.30. The Balaban J connectivity index is 1.82. The van der Waals surface area contributed by atoms with Gasteiger partial charge in [-0.25, -0.2) is 0 Å². The third-order valence-electron chi connectivity index (χ3n) is 6.26. The summed E-state index contributed by atoms with van der Waals surface area (Å²) in [5.74, 6) is 0.686. The van der Waals surface area contributed by atoms with Crippen molar-refractivity contribution < 1.29 is 19.0 Å². The van der Waals surface area contributed by atoms with E-state index in [0.717, 1.165) is 25.7 Å². The molecule has 4 heteroatoms. The van der Waals surface area contributed by atoms with Crippen LogP contribution in [0.15, 0.2) is 0 Å². The zero-order valence-electron chi connectivity index (χ0n) is 12.6. The van der Waals surface area contributed by atoms with Crippen LogP contribution >= 0.6 is 0 Å². The fourth-order valence-electron chi connectivity index (χ4n) is 5.33. The SMILES string of the molecule is CC[C@H]1C(=O)O[C@@H]2O[C@@]3(C)CC[C@H]4[C@H](C)CC[C@@H]1[C@@]24O3. The van der Waals surface area contributed by atoms with Crippen molar-refractivity contribution in [2.45, 2.75) is 70.6 Å². The second-order valence-corrected chi connectivity index (χ2v) is 7.30. The molecule has 0 aromatic heterocycles. The van der Waals surface area contributed by atoms with Gasteiger partial charge in [0.1, 0.15) is 5.60 Å². The standard InChI is InChI=1S/C16H24O4/c1-4-10-12-6-5-9(2)11-7-8-15(3)19-14(18-13(10)17)16(11,12)20-15/h9-12,14H,4-8H2,1-3H3/t9-,10-,11+,12+,14-,15-,16-/m1/s1. The number of ether oxygens (including phenoxy) is 3. The van der Waals surface area contributed by atoms with E-state index in [2.05, 4.69) is 13.8 Å². The molecule has 20 heavy (non-hydrogen) atoms. The van der Waals surface area contributed by atoms with Crippen LogP contribution in [0.25, 0.3) is 0 Å². The minimum Gasteiger partial charge on any atom is -0.432 e. The van der Waals surface area contributed by atoms with Gasteiger partial charge in [-0.3, -0.25) is 4.79 Å². The van der Waals surface area contributed by atoms with Gasteiger partial charge >= 0.3 is 5.97 Å². The average Bonchev–Trinajstić information content (AvgIpc) is 2.61. The first-order valence-electron chi connectivity index (χ1n) is 8.08. The normalized spacial score (nSPS) is 57.1. The van der Waals surface area contributed by atoms with Crippen molar-refractivity contribution in [3.8, 4) is 0 Å².